The zero-order valence-electron chi connectivity index (χ0n) is 24.4. The van der Waals surface area contributed by atoms with Crippen LogP contribution >= 0.6 is 0 Å². The van der Waals surface area contributed by atoms with Crippen LogP contribution in [-0.4, -0.2) is 67.7 Å². The third-order valence-electron chi connectivity index (χ3n) is 8.03. The van der Waals surface area contributed by atoms with Crippen LogP contribution in [0.15, 0.2) is 114 Å². The Kier molecular flexibility index (Phi) is 9.52. The second-order valence-electron chi connectivity index (χ2n) is 11.0. The summed E-state index contributed by atoms with van der Waals surface area (Å²) in [5, 5.41) is 0. The van der Waals surface area contributed by atoms with Gasteiger partial charge in [0.15, 0.2) is 0 Å². The van der Waals surface area contributed by atoms with Gasteiger partial charge in [-0.05, 0) is 54.2 Å². The summed E-state index contributed by atoms with van der Waals surface area (Å²) in [5.74, 6) is -0.160. The lowest BCUT2D eigenvalue weighted by Crippen LogP contribution is -2.52. The van der Waals surface area contributed by atoms with E-state index in [1.807, 2.05) is 66.4 Å². The maximum absolute atomic E-state index is 13.9. The first kappa shape index (κ1) is 29.7. The van der Waals surface area contributed by atoms with Crippen LogP contribution in [0.4, 0.5) is 0 Å². The molecule has 1 amide bonds. The smallest absolute Gasteiger partial charge is 0.243 e. The number of benzene rings is 4. The second kappa shape index (κ2) is 13.5. The second-order valence-corrected chi connectivity index (χ2v) is 12.9. The molecule has 0 aliphatic carbocycles. The molecular weight excluding hydrogens is 542 g/mol. The minimum atomic E-state index is -3.88. The molecule has 6 nitrogen and oxygen atoms in total. The topological polar surface area (TPSA) is 60.9 Å². The van der Waals surface area contributed by atoms with Crippen molar-refractivity contribution in [3.63, 3.8) is 0 Å². The zero-order chi connectivity index (χ0) is 29.5. The van der Waals surface area contributed by atoms with Crippen molar-refractivity contribution in [1.29, 1.82) is 0 Å². The molecule has 0 saturated carbocycles. The first-order chi connectivity index (χ1) is 20.3. The van der Waals surface area contributed by atoms with Crippen molar-refractivity contribution in [3.05, 3.63) is 137 Å². The Bertz CT molecular complexity index is 1530. The first-order valence-corrected chi connectivity index (χ1v) is 16.0. The number of rotatable bonds is 10. The number of sulfonamides is 1. The number of nitrogens with zero attached hydrogens (tertiary/aromatic N) is 3. The number of hydrogen-bond acceptors (Lipinski definition) is 4. The van der Waals surface area contributed by atoms with Crippen LogP contribution in [0.5, 0.6) is 0 Å². The van der Waals surface area contributed by atoms with E-state index in [9.17, 15) is 13.2 Å². The van der Waals surface area contributed by atoms with Crippen LogP contribution in [0, 0.1) is 13.8 Å². The van der Waals surface area contributed by atoms with Crippen LogP contribution in [0.2, 0.25) is 0 Å². The molecule has 1 saturated heterocycles. The average Bonchev–Trinajstić information content (AvgIpc) is 3.02. The van der Waals surface area contributed by atoms with E-state index in [1.165, 1.54) is 15.4 Å². The number of carbonyl (C=O) groups excluding carboxylic acids is 1. The van der Waals surface area contributed by atoms with Gasteiger partial charge in [0.1, 0.15) is 0 Å². The highest BCUT2D eigenvalue weighted by Crippen LogP contribution is 2.29. The predicted octanol–water partition coefficient (Wildman–Crippen LogP) is 5.47. The van der Waals surface area contributed by atoms with Gasteiger partial charge in [0, 0.05) is 32.7 Å². The fraction of sp³-hybridized carbons (Fsp3) is 0.286. The van der Waals surface area contributed by atoms with E-state index in [0.717, 1.165) is 11.1 Å². The van der Waals surface area contributed by atoms with Gasteiger partial charge in [0.05, 0.1) is 17.5 Å². The lowest BCUT2D eigenvalue weighted by atomic mass is 9.96. The van der Waals surface area contributed by atoms with E-state index < -0.39 is 10.0 Å². The number of amides is 1. The van der Waals surface area contributed by atoms with Crippen molar-refractivity contribution in [2.45, 2.75) is 31.2 Å². The Morgan fingerprint density at radius 1 is 0.762 bits per heavy atom. The fourth-order valence-electron chi connectivity index (χ4n) is 5.67. The molecule has 42 heavy (non-hydrogen) atoms. The molecule has 4 aromatic rings. The molecule has 7 heteroatoms. The van der Waals surface area contributed by atoms with Crippen molar-refractivity contribution in [2.75, 3.05) is 39.3 Å². The Labute approximate surface area is 250 Å². The summed E-state index contributed by atoms with van der Waals surface area (Å²) in [6.07, 6.45) is 0.530. The van der Waals surface area contributed by atoms with Crippen LogP contribution in [0.1, 0.15) is 33.9 Å². The van der Waals surface area contributed by atoms with E-state index in [-0.39, 0.29) is 29.9 Å². The lowest BCUT2D eigenvalue weighted by Gasteiger charge is -2.40. The summed E-state index contributed by atoms with van der Waals surface area (Å²) in [7, 11) is -3.88. The zero-order valence-corrected chi connectivity index (χ0v) is 25.2. The number of hydrogen-bond donors (Lipinski definition) is 0. The van der Waals surface area contributed by atoms with Gasteiger partial charge in [-0.2, -0.15) is 4.31 Å². The summed E-state index contributed by atoms with van der Waals surface area (Å²) >= 11 is 0. The summed E-state index contributed by atoms with van der Waals surface area (Å²) in [4.78, 5) is 18.2. The first-order valence-electron chi connectivity index (χ1n) is 14.6. The normalized spacial score (nSPS) is 14.4. The largest absolute Gasteiger partial charge is 0.339 e. The van der Waals surface area contributed by atoms with Gasteiger partial charge in [0.2, 0.25) is 15.9 Å². The summed E-state index contributed by atoms with van der Waals surface area (Å²) < 4.78 is 29.3. The highest BCUT2D eigenvalue weighted by Gasteiger charge is 2.32. The molecule has 0 bridgehead atoms. The number of aryl methyl sites for hydroxylation is 2. The molecule has 0 radical (unpaired) electrons. The van der Waals surface area contributed by atoms with Gasteiger partial charge in [-0.15, -0.1) is 0 Å². The van der Waals surface area contributed by atoms with Crippen molar-refractivity contribution in [2.24, 2.45) is 0 Å². The van der Waals surface area contributed by atoms with Gasteiger partial charge < -0.3 is 4.90 Å². The standard InChI is InChI=1S/C35H39N3O3S/c1-28-18-19-29(2)33(26-28)42(40,41)38(21-20-30-12-6-3-7-13-30)27-34(39)36-22-24-37(25-23-36)35(31-14-8-4-9-15-31)32-16-10-5-11-17-32/h3-19,26,35H,20-25,27H2,1-2H3. The van der Waals surface area contributed by atoms with E-state index in [2.05, 4.69) is 53.4 Å². The summed E-state index contributed by atoms with van der Waals surface area (Å²) in [6.45, 7) is 6.24. The third-order valence-corrected chi connectivity index (χ3v) is 10.0. The van der Waals surface area contributed by atoms with Crippen LogP contribution in [-0.2, 0) is 21.2 Å². The quantitative estimate of drug-likeness (QED) is 0.249. The van der Waals surface area contributed by atoms with Gasteiger partial charge in [-0.3, -0.25) is 9.69 Å². The molecule has 1 fully saturated rings. The number of carbonyl (C=O) groups is 1. The maximum atomic E-state index is 13.9. The van der Waals surface area contributed by atoms with E-state index >= 15 is 0 Å². The van der Waals surface area contributed by atoms with Crippen LogP contribution in [0.3, 0.4) is 0 Å². The van der Waals surface area contributed by atoms with Crippen molar-refractivity contribution < 1.29 is 13.2 Å². The maximum Gasteiger partial charge on any atom is 0.243 e. The van der Waals surface area contributed by atoms with Crippen LogP contribution < -0.4 is 0 Å². The SMILES string of the molecule is Cc1ccc(C)c(S(=O)(=O)N(CCc2ccccc2)CC(=O)N2CCN(C(c3ccccc3)c3ccccc3)CC2)c1. The van der Waals surface area contributed by atoms with Crippen molar-refractivity contribution in [1.82, 2.24) is 14.1 Å². The van der Waals surface area contributed by atoms with Gasteiger partial charge >= 0.3 is 0 Å². The molecule has 0 aromatic heterocycles. The molecule has 1 heterocycles. The minimum absolute atomic E-state index is 0.0942. The fourth-order valence-corrected chi connectivity index (χ4v) is 7.37. The van der Waals surface area contributed by atoms with E-state index in [4.69, 9.17) is 0 Å². The van der Waals surface area contributed by atoms with Crippen molar-refractivity contribution in [3.8, 4) is 0 Å². The molecule has 1 aliphatic heterocycles. The molecule has 0 N–H and O–H groups in total. The van der Waals surface area contributed by atoms with Gasteiger partial charge in [0.25, 0.3) is 0 Å². The van der Waals surface area contributed by atoms with Crippen LogP contribution in [0.25, 0.3) is 0 Å². The number of piperazine rings is 1. The van der Waals surface area contributed by atoms with E-state index in [1.54, 1.807) is 13.0 Å². The molecule has 0 unspecified atom stereocenters. The Hall–Kier alpha value is -3.78. The van der Waals surface area contributed by atoms with Crippen molar-refractivity contribution >= 4 is 15.9 Å². The molecule has 218 valence electrons. The highest BCUT2D eigenvalue weighted by atomic mass is 32.2. The molecule has 5 rings (SSSR count). The van der Waals surface area contributed by atoms with Gasteiger partial charge in [-0.25, -0.2) is 8.42 Å². The highest BCUT2D eigenvalue weighted by molar-refractivity contribution is 7.89. The molecule has 1 aliphatic rings. The van der Waals surface area contributed by atoms with E-state index in [0.29, 0.717) is 38.2 Å². The Morgan fingerprint density at radius 3 is 1.88 bits per heavy atom. The molecule has 0 spiro atoms. The van der Waals surface area contributed by atoms with Gasteiger partial charge in [-0.1, -0.05) is 103 Å². The average molecular weight is 582 g/mol. The third kappa shape index (κ3) is 6.98. The Balaban J connectivity index is 1.32. The monoisotopic (exact) mass is 581 g/mol. The lowest BCUT2D eigenvalue weighted by molar-refractivity contribution is -0.133. The summed E-state index contributed by atoms with van der Waals surface area (Å²) in [6, 6.07) is 36.2. The predicted molar refractivity (Wildman–Crippen MR) is 168 cm³/mol. The minimum Gasteiger partial charge on any atom is -0.339 e. The molecule has 0 atom stereocenters. The molecular formula is C35H39N3O3S. The molecule has 4 aromatic carbocycles. The Morgan fingerprint density at radius 2 is 1.31 bits per heavy atom. The summed E-state index contributed by atoms with van der Waals surface area (Å²) in [5.41, 5.74) is 5.02.